The number of carbonyl (C=O) groups is 2. The van der Waals surface area contributed by atoms with E-state index in [4.69, 9.17) is 9.47 Å². The molecule has 1 saturated carbocycles. The Morgan fingerprint density at radius 2 is 1.74 bits per heavy atom. The van der Waals surface area contributed by atoms with Crippen molar-refractivity contribution in [2.75, 3.05) is 13.2 Å². The first-order chi connectivity index (χ1) is 13.0. The molecule has 3 aliphatic rings. The smallest absolute Gasteiger partial charge is 0.254 e. The summed E-state index contributed by atoms with van der Waals surface area (Å²) in [6.45, 7) is 4.81. The fourth-order valence-electron chi connectivity index (χ4n) is 4.33. The molecular weight excluding hydrogens is 412 g/mol. The zero-order chi connectivity index (χ0) is 19.1. The molecule has 1 saturated heterocycles. The lowest BCUT2D eigenvalue weighted by atomic mass is 9.85. The number of amides is 2. The lowest BCUT2D eigenvalue weighted by molar-refractivity contribution is -0.140. The molecule has 0 N–H and O–H groups in total. The lowest BCUT2D eigenvalue weighted by Crippen LogP contribution is -2.28. The van der Waals surface area contributed by atoms with Crippen molar-refractivity contribution in [3.05, 3.63) is 34.3 Å². The first-order valence-corrected chi connectivity index (χ1v) is 10.0. The summed E-state index contributed by atoms with van der Waals surface area (Å²) in [5, 5.41) is 5.26. The molecule has 2 amide bonds. The van der Waals surface area contributed by atoms with E-state index in [1.165, 1.54) is 6.21 Å². The van der Waals surface area contributed by atoms with Crippen LogP contribution < -0.4 is 9.47 Å². The predicted molar refractivity (Wildman–Crippen MR) is 104 cm³/mol. The van der Waals surface area contributed by atoms with E-state index in [2.05, 4.69) is 33.2 Å². The SMILES string of the molecule is CCOc1cc(/C=N\N2C(=O)[C@@H]3[C@H](C2=O)[C@H]2C=C[C@H]3C2)cc(Br)c1OCC. The molecule has 4 atom stereocenters. The van der Waals surface area contributed by atoms with Crippen LogP contribution in [0.3, 0.4) is 0 Å². The molecule has 1 aromatic rings. The van der Waals surface area contributed by atoms with Gasteiger partial charge in [-0.05, 0) is 65.7 Å². The number of fused-ring (bicyclic) bond motifs is 5. The third-order valence-corrected chi connectivity index (χ3v) is 5.98. The summed E-state index contributed by atoms with van der Waals surface area (Å²) in [4.78, 5) is 25.4. The Labute approximate surface area is 166 Å². The number of hydrogen-bond donors (Lipinski definition) is 0. The van der Waals surface area contributed by atoms with E-state index < -0.39 is 0 Å². The average Bonchev–Trinajstić information content (AvgIpc) is 3.31. The molecule has 1 aliphatic heterocycles. The van der Waals surface area contributed by atoms with Crippen LogP contribution in [0.1, 0.15) is 25.8 Å². The molecule has 6 nitrogen and oxygen atoms in total. The van der Waals surface area contributed by atoms with Crippen LogP contribution in [0.4, 0.5) is 0 Å². The minimum Gasteiger partial charge on any atom is -0.490 e. The van der Waals surface area contributed by atoms with E-state index in [-0.39, 0.29) is 35.5 Å². The number of carbonyl (C=O) groups excluding carboxylic acids is 2. The second-order valence-electron chi connectivity index (χ2n) is 6.93. The van der Waals surface area contributed by atoms with Gasteiger partial charge in [-0.3, -0.25) is 9.59 Å². The molecular formula is C20H21BrN2O4. The highest BCUT2D eigenvalue weighted by molar-refractivity contribution is 9.10. The van der Waals surface area contributed by atoms with Gasteiger partial charge in [0.1, 0.15) is 0 Å². The minimum atomic E-state index is -0.240. The van der Waals surface area contributed by atoms with Crippen molar-refractivity contribution in [2.45, 2.75) is 20.3 Å². The quantitative estimate of drug-likeness (QED) is 0.392. The number of hydrogen-bond acceptors (Lipinski definition) is 5. The molecule has 0 spiro atoms. The van der Waals surface area contributed by atoms with Gasteiger partial charge in [0.15, 0.2) is 11.5 Å². The zero-order valence-electron chi connectivity index (χ0n) is 15.2. The summed E-state index contributed by atoms with van der Waals surface area (Å²) in [6.07, 6.45) is 6.58. The monoisotopic (exact) mass is 432 g/mol. The fraction of sp³-hybridized carbons (Fsp3) is 0.450. The predicted octanol–water partition coefficient (Wildman–Crippen LogP) is 3.39. The molecule has 7 heteroatoms. The zero-order valence-corrected chi connectivity index (χ0v) is 16.8. The molecule has 27 heavy (non-hydrogen) atoms. The Morgan fingerprint density at radius 3 is 2.33 bits per heavy atom. The number of imide groups is 1. The Balaban J connectivity index is 1.58. The van der Waals surface area contributed by atoms with Crippen LogP contribution in [0, 0.1) is 23.7 Å². The van der Waals surface area contributed by atoms with E-state index in [9.17, 15) is 9.59 Å². The summed E-state index contributed by atoms with van der Waals surface area (Å²) in [5.74, 6) is 0.727. The van der Waals surface area contributed by atoms with Gasteiger partial charge >= 0.3 is 0 Å². The second kappa shape index (κ2) is 7.11. The van der Waals surface area contributed by atoms with E-state index in [1.807, 2.05) is 19.9 Å². The maximum Gasteiger partial charge on any atom is 0.254 e. The molecule has 1 heterocycles. The number of ether oxygens (including phenoxy) is 2. The normalized spacial score (nSPS) is 28.5. The van der Waals surface area contributed by atoms with Crippen LogP contribution in [0.15, 0.2) is 33.9 Å². The van der Waals surface area contributed by atoms with Gasteiger partial charge in [0, 0.05) is 0 Å². The Hall–Kier alpha value is -2.15. The van der Waals surface area contributed by atoms with Gasteiger partial charge in [0.2, 0.25) is 0 Å². The molecule has 0 aromatic heterocycles. The van der Waals surface area contributed by atoms with Crippen molar-refractivity contribution in [1.29, 1.82) is 0 Å². The van der Waals surface area contributed by atoms with Crippen molar-refractivity contribution in [1.82, 2.24) is 5.01 Å². The molecule has 2 bridgehead atoms. The molecule has 142 valence electrons. The van der Waals surface area contributed by atoms with Crippen LogP contribution in [-0.2, 0) is 9.59 Å². The number of benzene rings is 1. The molecule has 2 aliphatic carbocycles. The summed E-state index contributed by atoms with van der Waals surface area (Å²) in [6, 6.07) is 3.62. The van der Waals surface area contributed by atoms with Crippen LogP contribution >= 0.6 is 15.9 Å². The highest BCUT2D eigenvalue weighted by atomic mass is 79.9. The van der Waals surface area contributed by atoms with Gasteiger partial charge in [-0.15, -0.1) is 0 Å². The van der Waals surface area contributed by atoms with Crippen molar-refractivity contribution in [3.63, 3.8) is 0 Å². The Kier molecular flexibility index (Phi) is 4.80. The molecule has 0 radical (unpaired) electrons. The van der Waals surface area contributed by atoms with Crippen LogP contribution in [-0.4, -0.2) is 36.3 Å². The summed E-state index contributed by atoms with van der Waals surface area (Å²) < 4.78 is 12.0. The second-order valence-corrected chi connectivity index (χ2v) is 7.78. The van der Waals surface area contributed by atoms with E-state index in [1.54, 1.807) is 6.07 Å². The summed E-state index contributed by atoms with van der Waals surface area (Å²) in [5.41, 5.74) is 0.715. The standard InChI is InChI=1S/C20H21BrN2O4/c1-3-26-15-8-11(7-14(21)18(15)27-4-2)10-22-23-19(24)16-12-5-6-13(9-12)17(16)20(23)25/h5-8,10,12-13,16-17H,3-4,9H2,1-2H3/b22-10-/t12-,13-,16-,17+/m0/s1. The highest BCUT2D eigenvalue weighted by Gasteiger charge is 2.59. The van der Waals surface area contributed by atoms with E-state index in [0.29, 0.717) is 30.3 Å². The third kappa shape index (κ3) is 2.98. The highest BCUT2D eigenvalue weighted by Crippen LogP contribution is 2.52. The van der Waals surface area contributed by atoms with Gasteiger partial charge in [0.05, 0.1) is 35.7 Å². The van der Waals surface area contributed by atoms with Crippen LogP contribution in [0.5, 0.6) is 11.5 Å². The van der Waals surface area contributed by atoms with Gasteiger partial charge < -0.3 is 9.47 Å². The topological polar surface area (TPSA) is 68.2 Å². The van der Waals surface area contributed by atoms with Gasteiger partial charge in [0.25, 0.3) is 11.8 Å². The number of halogens is 1. The van der Waals surface area contributed by atoms with Crippen LogP contribution in [0.2, 0.25) is 0 Å². The first-order valence-electron chi connectivity index (χ1n) is 9.24. The van der Waals surface area contributed by atoms with Crippen LogP contribution in [0.25, 0.3) is 0 Å². The van der Waals surface area contributed by atoms with Gasteiger partial charge in [-0.25, -0.2) is 0 Å². The van der Waals surface area contributed by atoms with Gasteiger partial charge in [-0.1, -0.05) is 12.2 Å². The van der Waals surface area contributed by atoms with Crippen molar-refractivity contribution < 1.29 is 19.1 Å². The first kappa shape index (κ1) is 18.2. The van der Waals surface area contributed by atoms with E-state index >= 15 is 0 Å². The van der Waals surface area contributed by atoms with Crippen molar-refractivity contribution in [3.8, 4) is 11.5 Å². The number of nitrogens with zero attached hydrogens (tertiary/aromatic N) is 2. The molecule has 0 unspecified atom stereocenters. The third-order valence-electron chi connectivity index (χ3n) is 5.39. The molecule has 4 rings (SSSR count). The average molecular weight is 433 g/mol. The van der Waals surface area contributed by atoms with Gasteiger partial charge in [-0.2, -0.15) is 10.1 Å². The maximum absolute atomic E-state index is 12.7. The van der Waals surface area contributed by atoms with Crippen molar-refractivity contribution >= 4 is 34.0 Å². The number of hydrazone groups is 1. The summed E-state index contributed by atoms with van der Waals surface area (Å²) in [7, 11) is 0. The number of allylic oxidation sites excluding steroid dienone is 2. The fourth-order valence-corrected chi connectivity index (χ4v) is 4.91. The number of rotatable bonds is 6. The minimum absolute atomic E-state index is 0.181. The largest absolute Gasteiger partial charge is 0.490 e. The Morgan fingerprint density at radius 1 is 1.11 bits per heavy atom. The molecule has 1 aromatic carbocycles. The molecule has 2 fully saturated rings. The Bertz CT molecular complexity index is 821. The lowest BCUT2D eigenvalue weighted by Gasteiger charge is -2.14. The van der Waals surface area contributed by atoms with Crippen molar-refractivity contribution in [2.24, 2.45) is 28.8 Å². The summed E-state index contributed by atoms with van der Waals surface area (Å²) >= 11 is 3.49. The van der Waals surface area contributed by atoms with E-state index in [0.717, 1.165) is 15.9 Å². The maximum atomic E-state index is 12.7.